The van der Waals surface area contributed by atoms with Crippen LogP contribution in [0.1, 0.15) is 23.6 Å². The Morgan fingerprint density at radius 1 is 0.800 bits per heavy atom. The Morgan fingerprint density at radius 2 is 1.40 bits per heavy atom. The van der Waals surface area contributed by atoms with E-state index in [1.807, 2.05) is 74.5 Å². The van der Waals surface area contributed by atoms with Gasteiger partial charge in [0.15, 0.2) is 11.5 Å². The van der Waals surface area contributed by atoms with Crippen LogP contribution < -0.4 is 19.1 Å². The third kappa shape index (κ3) is 8.21. The van der Waals surface area contributed by atoms with Crippen molar-refractivity contribution in [1.29, 1.82) is 0 Å². The van der Waals surface area contributed by atoms with Gasteiger partial charge in [0.05, 0.1) is 24.8 Å². The van der Waals surface area contributed by atoms with Gasteiger partial charge >= 0.3 is 0 Å². The molecular formula is C35H39N3O6S. The SMILES string of the molecule is CCNC(=O)[C@H](Cc1ccccc1)N(Cc1ccccc1)C(=O)CN(c1ccc(C)cc1)S(=O)(=O)c1ccc(OC)c(OC)c1. The summed E-state index contributed by atoms with van der Waals surface area (Å²) in [4.78, 5) is 29.4. The molecule has 10 heteroatoms. The zero-order chi connectivity index (χ0) is 32.4. The summed E-state index contributed by atoms with van der Waals surface area (Å²) >= 11 is 0. The summed E-state index contributed by atoms with van der Waals surface area (Å²) in [6.45, 7) is 3.64. The molecule has 0 saturated heterocycles. The highest BCUT2D eigenvalue weighted by atomic mass is 32.2. The standard InChI is InChI=1S/C35H39N3O6S/c1-5-36-35(40)31(22-27-12-8-6-9-13-27)37(24-28-14-10-7-11-15-28)34(39)25-38(29-18-16-26(2)17-19-29)45(41,42)30-20-21-32(43-3)33(23-30)44-4/h6-21,23,31H,5,22,24-25H2,1-4H3,(H,36,40)/t31-/m0/s1. The van der Waals surface area contributed by atoms with Crippen molar-refractivity contribution in [2.45, 2.75) is 37.8 Å². The Morgan fingerprint density at radius 3 is 1.98 bits per heavy atom. The first-order valence-corrected chi connectivity index (χ1v) is 16.1. The number of nitrogens with zero attached hydrogens (tertiary/aromatic N) is 2. The van der Waals surface area contributed by atoms with Gasteiger partial charge in [-0.2, -0.15) is 0 Å². The first kappa shape index (κ1) is 33.1. The van der Waals surface area contributed by atoms with Gasteiger partial charge in [-0.05, 0) is 49.2 Å². The molecule has 45 heavy (non-hydrogen) atoms. The van der Waals surface area contributed by atoms with Gasteiger partial charge < -0.3 is 19.7 Å². The van der Waals surface area contributed by atoms with Gasteiger partial charge in [0.1, 0.15) is 12.6 Å². The lowest BCUT2D eigenvalue weighted by atomic mass is 10.0. The Balaban J connectivity index is 1.80. The maximum atomic E-state index is 14.4. The summed E-state index contributed by atoms with van der Waals surface area (Å²) in [7, 11) is -1.41. The molecule has 0 fully saturated rings. The Kier molecular flexibility index (Phi) is 11.2. The van der Waals surface area contributed by atoms with E-state index in [1.54, 1.807) is 24.3 Å². The van der Waals surface area contributed by atoms with E-state index < -0.39 is 28.5 Å². The Bertz CT molecular complexity index is 1680. The molecule has 0 aliphatic rings. The van der Waals surface area contributed by atoms with Crippen LogP contribution in [-0.2, 0) is 32.6 Å². The first-order valence-electron chi connectivity index (χ1n) is 14.6. The molecule has 0 heterocycles. The van der Waals surface area contributed by atoms with Gasteiger partial charge in [0, 0.05) is 25.6 Å². The van der Waals surface area contributed by atoms with Gasteiger partial charge in [-0.25, -0.2) is 8.42 Å². The van der Waals surface area contributed by atoms with Crippen molar-refractivity contribution in [3.8, 4) is 11.5 Å². The van der Waals surface area contributed by atoms with Crippen molar-refractivity contribution in [3.63, 3.8) is 0 Å². The minimum Gasteiger partial charge on any atom is -0.493 e. The summed E-state index contributed by atoms with van der Waals surface area (Å²) in [6.07, 6.45) is 0.248. The van der Waals surface area contributed by atoms with Crippen LogP contribution in [-0.4, -0.2) is 58.5 Å². The van der Waals surface area contributed by atoms with E-state index in [4.69, 9.17) is 9.47 Å². The van der Waals surface area contributed by atoms with E-state index in [-0.39, 0.29) is 29.5 Å². The number of amides is 2. The van der Waals surface area contributed by atoms with Crippen molar-refractivity contribution in [3.05, 3.63) is 120 Å². The minimum atomic E-state index is -4.29. The van der Waals surface area contributed by atoms with Gasteiger partial charge in [0.25, 0.3) is 10.0 Å². The zero-order valence-corrected chi connectivity index (χ0v) is 26.8. The molecule has 0 aromatic heterocycles. The van der Waals surface area contributed by atoms with Crippen molar-refractivity contribution in [2.24, 2.45) is 0 Å². The van der Waals surface area contributed by atoms with Crippen LogP contribution in [0.2, 0.25) is 0 Å². The van der Waals surface area contributed by atoms with Gasteiger partial charge in [-0.1, -0.05) is 78.4 Å². The second kappa shape index (κ2) is 15.3. The summed E-state index contributed by atoms with van der Waals surface area (Å²) in [5, 5.41) is 2.87. The highest BCUT2D eigenvalue weighted by Gasteiger charge is 2.34. The fourth-order valence-electron chi connectivity index (χ4n) is 4.97. The number of aryl methyl sites for hydroxylation is 1. The molecule has 0 saturated carbocycles. The average molecular weight is 630 g/mol. The number of hydrogen-bond donors (Lipinski definition) is 1. The maximum absolute atomic E-state index is 14.4. The number of hydrogen-bond acceptors (Lipinski definition) is 6. The van der Waals surface area contributed by atoms with Crippen LogP contribution in [0.4, 0.5) is 5.69 Å². The van der Waals surface area contributed by atoms with E-state index in [0.29, 0.717) is 18.0 Å². The van der Waals surface area contributed by atoms with Crippen molar-refractivity contribution >= 4 is 27.5 Å². The second-order valence-electron chi connectivity index (χ2n) is 10.5. The lowest BCUT2D eigenvalue weighted by molar-refractivity contribution is -0.140. The van der Waals surface area contributed by atoms with Crippen molar-refractivity contribution in [2.75, 3.05) is 31.6 Å². The molecule has 9 nitrogen and oxygen atoms in total. The zero-order valence-electron chi connectivity index (χ0n) is 26.0. The van der Waals surface area contributed by atoms with Crippen LogP contribution in [0, 0.1) is 6.92 Å². The summed E-state index contributed by atoms with van der Waals surface area (Å²) in [5.74, 6) is -0.251. The minimum absolute atomic E-state index is 0.0762. The van der Waals surface area contributed by atoms with E-state index in [0.717, 1.165) is 21.0 Å². The van der Waals surface area contributed by atoms with Crippen LogP contribution in [0.15, 0.2) is 108 Å². The largest absolute Gasteiger partial charge is 0.493 e. The molecule has 1 atom stereocenters. The molecule has 4 rings (SSSR count). The quantitative estimate of drug-likeness (QED) is 0.211. The maximum Gasteiger partial charge on any atom is 0.264 e. The number of rotatable bonds is 14. The summed E-state index contributed by atoms with van der Waals surface area (Å²) in [6, 6.07) is 29.0. The number of benzene rings is 4. The fraction of sp³-hybridized carbons (Fsp3) is 0.257. The highest BCUT2D eigenvalue weighted by molar-refractivity contribution is 7.92. The third-order valence-corrected chi connectivity index (χ3v) is 9.13. The molecule has 4 aromatic carbocycles. The van der Waals surface area contributed by atoms with E-state index in [1.165, 1.54) is 37.3 Å². The summed E-state index contributed by atoms with van der Waals surface area (Å²) < 4.78 is 40.3. The van der Waals surface area contributed by atoms with Gasteiger partial charge in [0.2, 0.25) is 11.8 Å². The molecule has 2 amide bonds. The molecule has 236 valence electrons. The third-order valence-electron chi connectivity index (χ3n) is 7.36. The molecule has 0 aliphatic carbocycles. The smallest absolute Gasteiger partial charge is 0.264 e. The fourth-order valence-corrected chi connectivity index (χ4v) is 6.40. The number of methoxy groups -OCH3 is 2. The number of sulfonamides is 1. The normalized spacial score (nSPS) is 11.7. The topological polar surface area (TPSA) is 105 Å². The van der Waals surface area contributed by atoms with Gasteiger partial charge in [-0.3, -0.25) is 13.9 Å². The van der Waals surface area contributed by atoms with E-state index in [9.17, 15) is 18.0 Å². The second-order valence-corrected chi connectivity index (χ2v) is 12.3. The van der Waals surface area contributed by atoms with E-state index in [2.05, 4.69) is 5.32 Å². The number of carbonyl (C=O) groups is 2. The molecule has 0 aliphatic heterocycles. The van der Waals surface area contributed by atoms with Crippen molar-refractivity contribution < 1.29 is 27.5 Å². The van der Waals surface area contributed by atoms with Gasteiger partial charge in [-0.15, -0.1) is 0 Å². The molecule has 1 N–H and O–H groups in total. The Labute approximate surface area is 265 Å². The molecule has 0 unspecified atom stereocenters. The number of ether oxygens (including phenoxy) is 2. The monoisotopic (exact) mass is 629 g/mol. The first-order chi connectivity index (χ1) is 21.7. The predicted molar refractivity (Wildman–Crippen MR) is 175 cm³/mol. The van der Waals surface area contributed by atoms with Crippen molar-refractivity contribution in [1.82, 2.24) is 10.2 Å². The number of nitrogens with one attached hydrogen (secondary N) is 1. The van der Waals surface area contributed by atoms with E-state index >= 15 is 0 Å². The van der Waals surface area contributed by atoms with Crippen LogP contribution in [0.5, 0.6) is 11.5 Å². The molecule has 0 bridgehead atoms. The lowest BCUT2D eigenvalue weighted by Gasteiger charge is -2.34. The summed E-state index contributed by atoms with van der Waals surface area (Å²) in [5.41, 5.74) is 2.91. The molecule has 0 spiro atoms. The molecule has 0 radical (unpaired) electrons. The number of carbonyl (C=O) groups excluding carboxylic acids is 2. The van der Waals surface area contributed by atoms with Crippen LogP contribution in [0.25, 0.3) is 0 Å². The Hall–Kier alpha value is -4.83. The lowest BCUT2D eigenvalue weighted by Crippen LogP contribution is -2.53. The molecular weight excluding hydrogens is 590 g/mol. The average Bonchev–Trinajstić information content (AvgIpc) is 3.06. The predicted octanol–water partition coefficient (Wildman–Crippen LogP) is 4.98. The number of anilines is 1. The molecule has 4 aromatic rings. The van der Waals surface area contributed by atoms with Crippen LogP contribution in [0.3, 0.4) is 0 Å². The highest BCUT2D eigenvalue weighted by Crippen LogP contribution is 2.32. The number of likely N-dealkylation sites (N-methyl/N-ethyl adjacent to an activating group) is 1. The van der Waals surface area contributed by atoms with Crippen LogP contribution >= 0.6 is 0 Å².